The molecule has 76 valence electrons. The number of nitrogens with zero attached hydrogens (tertiary/aromatic N) is 2. The minimum atomic E-state index is 0.311. The predicted octanol–water partition coefficient (Wildman–Crippen LogP) is 2.01. The fourth-order valence-corrected chi connectivity index (χ4v) is 1.64. The quantitative estimate of drug-likeness (QED) is 0.433. The van der Waals surface area contributed by atoms with E-state index in [9.17, 15) is 9.59 Å². The van der Waals surface area contributed by atoms with E-state index in [1.807, 2.05) is 24.3 Å². The van der Waals surface area contributed by atoms with E-state index >= 15 is 0 Å². The van der Waals surface area contributed by atoms with Crippen LogP contribution in [-0.4, -0.2) is 12.2 Å². The Balaban J connectivity index is 2.75. The van der Waals surface area contributed by atoms with Gasteiger partial charge in [-0.2, -0.15) is 0 Å². The molecule has 1 aromatic carbocycles. The maximum absolute atomic E-state index is 9.98. The van der Waals surface area contributed by atoms with Gasteiger partial charge in [0, 0.05) is 5.75 Å². The third kappa shape index (κ3) is 3.92. The van der Waals surface area contributed by atoms with Crippen LogP contribution in [0.4, 0.5) is 0 Å². The van der Waals surface area contributed by atoms with Crippen LogP contribution in [0.25, 0.3) is 0 Å². The monoisotopic (exact) mass is 220 g/mol. The van der Waals surface area contributed by atoms with Gasteiger partial charge in [-0.15, -0.1) is 4.40 Å². The van der Waals surface area contributed by atoms with Crippen molar-refractivity contribution in [2.24, 2.45) is 9.39 Å². The summed E-state index contributed by atoms with van der Waals surface area (Å²) in [6.07, 6.45) is 2.95. The average molecular weight is 220 g/mol. The van der Waals surface area contributed by atoms with Crippen LogP contribution in [-0.2, 0) is 21.9 Å². The third-order valence-electron chi connectivity index (χ3n) is 1.75. The van der Waals surface area contributed by atoms with E-state index in [0.29, 0.717) is 12.3 Å². The summed E-state index contributed by atoms with van der Waals surface area (Å²) in [5, 5.41) is 0. The molecule has 0 spiro atoms. The minimum Gasteiger partial charge on any atom is -0.211 e. The highest BCUT2D eigenvalue weighted by molar-refractivity contribution is 7.97. The highest BCUT2D eigenvalue weighted by atomic mass is 32.2. The van der Waals surface area contributed by atoms with Gasteiger partial charge in [0.2, 0.25) is 12.2 Å². The van der Waals surface area contributed by atoms with Crippen molar-refractivity contribution >= 4 is 24.1 Å². The molecule has 0 aliphatic carbocycles. The van der Waals surface area contributed by atoms with Gasteiger partial charge in [0.25, 0.3) is 0 Å². The van der Waals surface area contributed by atoms with Crippen LogP contribution in [0.5, 0.6) is 0 Å². The number of rotatable bonds is 5. The molecule has 1 rings (SSSR count). The summed E-state index contributed by atoms with van der Waals surface area (Å²) in [5.74, 6) is 0.569. The predicted molar refractivity (Wildman–Crippen MR) is 57.7 cm³/mol. The van der Waals surface area contributed by atoms with E-state index in [4.69, 9.17) is 0 Å². The van der Waals surface area contributed by atoms with Crippen molar-refractivity contribution in [1.82, 2.24) is 0 Å². The van der Waals surface area contributed by atoms with E-state index < -0.39 is 0 Å². The zero-order valence-electron chi connectivity index (χ0n) is 7.84. The average Bonchev–Trinajstić information content (AvgIpc) is 2.28. The molecule has 0 aliphatic rings. The van der Waals surface area contributed by atoms with Gasteiger partial charge in [-0.05, 0) is 23.1 Å². The number of isocyanates is 2. The van der Waals surface area contributed by atoms with E-state index in [1.165, 1.54) is 12.2 Å². The lowest BCUT2D eigenvalue weighted by atomic mass is 10.1. The van der Waals surface area contributed by atoms with Crippen LogP contribution in [0.3, 0.4) is 0 Å². The molecule has 4 nitrogen and oxygen atoms in total. The highest BCUT2D eigenvalue weighted by Crippen LogP contribution is 2.17. The molecule has 5 heteroatoms. The van der Waals surface area contributed by atoms with Crippen LogP contribution >= 0.6 is 11.9 Å². The van der Waals surface area contributed by atoms with Crippen LogP contribution in [0.1, 0.15) is 11.1 Å². The summed E-state index contributed by atoms with van der Waals surface area (Å²) in [6, 6.07) is 7.53. The second kappa shape index (κ2) is 6.74. The normalized spacial score (nSPS) is 8.80. The first-order chi connectivity index (χ1) is 7.38. The van der Waals surface area contributed by atoms with Crippen LogP contribution in [0.15, 0.2) is 33.7 Å². The van der Waals surface area contributed by atoms with Crippen molar-refractivity contribution in [3.05, 3.63) is 35.4 Å². The van der Waals surface area contributed by atoms with Crippen LogP contribution in [0.2, 0.25) is 0 Å². The zero-order valence-corrected chi connectivity index (χ0v) is 8.66. The Morgan fingerprint density at radius 2 is 1.87 bits per heavy atom. The topological polar surface area (TPSA) is 58.9 Å². The maximum atomic E-state index is 9.98. The Labute approximate surface area is 91.3 Å². The fourth-order valence-electron chi connectivity index (χ4n) is 1.10. The summed E-state index contributed by atoms with van der Waals surface area (Å²) in [7, 11) is 0. The van der Waals surface area contributed by atoms with Gasteiger partial charge in [0.1, 0.15) is 0 Å². The summed E-state index contributed by atoms with van der Waals surface area (Å²) in [4.78, 5) is 23.4. The number of benzene rings is 1. The van der Waals surface area contributed by atoms with Gasteiger partial charge >= 0.3 is 0 Å². The van der Waals surface area contributed by atoms with Crippen molar-refractivity contribution in [3.63, 3.8) is 0 Å². The molecular weight excluding hydrogens is 212 g/mol. The van der Waals surface area contributed by atoms with Gasteiger partial charge < -0.3 is 0 Å². The SMILES string of the molecule is O=C=NCc1ccccc1CSN=C=O. The lowest BCUT2D eigenvalue weighted by Gasteiger charge is -2.03. The molecule has 0 fully saturated rings. The second-order valence-electron chi connectivity index (χ2n) is 2.63. The summed E-state index contributed by atoms with van der Waals surface area (Å²) >= 11 is 1.12. The van der Waals surface area contributed by atoms with E-state index in [2.05, 4.69) is 9.39 Å². The van der Waals surface area contributed by atoms with Gasteiger partial charge in [-0.25, -0.2) is 14.6 Å². The number of hydrogen-bond acceptors (Lipinski definition) is 5. The Bertz CT molecular complexity index is 421. The first-order valence-corrected chi connectivity index (χ1v) is 5.12. The number of hydrogen-bond donors (Lipinski definition) is 0. The first-order valence-electron chi connectivity index (χ1n) is 4.18. The Morgan fingerprint density at radius 1 is 1.13 bits per heavy atom. The molecule has 0 radical (unpaired) electrons. The van der Waals surface area contributed by atoms with Crippen LogP contribution < -0.4 is 0 Å². The van der Waals surface area contributed by atoms with E-state index in [-0.39, 0.29) is 0 Å². The van der Waals surface area contributed by atoms with Gasteiger partial charge in [-0.1, -0.05) is 24.3 Å². The molecule has 0 bridgehead atoms. The lowest BCUT2D eigenvalue weighted by Crippen LogP contribution is -1.89. The van der Waals surface area contributed by atoms with Crippen molar-refractivity contribution in [3.8, 4) is 0 Å². The Hall–Kier alpha value is -1.67. The van der Waals surface area contributed by atoms with Crippen molar-refractivity contribution in [2.45, 2.75) is 12.3 Å². The minimum absolute atomic E-state index is 0.311. The molecule has 1 aromatic rings. The molecule has 0 atom stereocenters. The van der Waals surface area contributed by atoms with Gasteiger partial charge in [0.15, 0.2) is 0 Å². The molecule has 0 amide bonds. The molecule has 0 N–H and O–H groups in total. The van der Waals surface area contributed by atoms with Gasteiger partial charge in [-0.3, -0.25) is 0 Å². The Morgan fingerprint density at radius 3 is 2.53 bits per heavy atom. The highest BCUT2D eigenvalue weighted by Gasteiger charge is 2.00. The molecular formula is C10H8N2O2S. The fraction of sp³-hybridized carbons (Fsp3) is 0.200. The molecule has 0 aliphatic heterocycles. The summed E-state index contributed by atoms with van der Waals surface area (Å²) in [6.45, 7) is 0.311. The molecule has 0 saturated carbocycles. The number of aliphatic imine (C=N–C) groups is 1. The smallest absolute Gasteiger partial charge is 0.211 e. The van der Waals surface area contributed by atoms with E-state index in [1.54, 1.807) is 0 Å². The van der Waals surface area contributed by atoms with Gasteiger partial charge in [0.05, 0.1) is 6.54 Å². The molecule has 0 saturated heterocycles. The summed E-state index contributed by atoms with van der Waals surface area (Å²) < 4.78 is 3.39. The van der Waals surface area contributed by atoms with E-state index in [0.717, 1.165) is 23.1 Å². The standard InChI is InChI=1S/C10H8N2O2S/c13-7-11-5-9-3-1-2-4-10(9)6-15-12-8-14/h1-4H,5-6H2. The first kappa shape index (κ1) is 11.4. The second-order valence-corrected chi connectivity index (χ2v) is 3.36. The van der Waals surface area contributed by atoms with Crippen LogP contribution in [0, 0.1) is 0 Å². The largest absolute Gasteiger partial charge is 0.247 e. The molecule has 0 unspecified atom stereocenters. The molecule has 0 aromatic heterocycles. The molecule has 0 heterocycles. The molecule has 15 heavy (non-hydrogen) atoms. The van der Waals surface area contributed by atoms with Crippen molar-refractivity contribution < 1.29 is 9.59 Å². The number of carbonyl (C=O) groups excluding carboxylic acids is 2. The zero-order chi connectivity index (χ0) is 10.9. The lowest BCUT2D eigenvalue weighted by molar-refractivity contribution is 0.562. The maximum Gasteiger partial charge on any atom is 0.247 e. The summed E-state index contributed by atoms with van der Waals surface area (Å²) in [5.41, 5.74) is 1.94. The Kier molecular flexibility index (Phi) is 5.12. The third-order valence-corrected chi connectivity index (χ3v) is 2.40. The van der Waals surface area contributed by atoms with Crippen molar-refractivity contribution in [2.75, 3.05) is 0 Å². The van der Waals surface area contributed by atoms with Crippen molar-refractivity contribution in [1.29, 1.82) is 0 Å².